The maximum atomic E-state index is 11.9. The van der Waals surface area contributed by atoms with Gasteiger partial charge >= 0.3 is 0 Å². The van der Waals surface area contributed by atoms with E-state index in [1.807, 2.05) is 60.7 Å². The van der Waals surface area contributed by atoms with Crippen LogP contribution in [-0.2, 0) is 14.6 Å². The summed E-state index contributed by atoms with van der Waals surface area (Å²) in [6.07, 6.45) is 0.484. The number of rotatable bonds is 7. The van der Waals surface area contributed by atoms with Crippen molar-refractivity contribution in [3.05, 3.63) is 71.8 Å². The highest BCUT2D eigenvalue weighted by Crippen LogP contribution is 2.10. The van der Waals surface area contributed by atoms with Crippen molar-refractivity contribution >= 4 is 21.5 Å². The Morgan fingerprint density at radius 1 is 0.958 bits per heavy atom. The molecule has 1 amide bonds. The molecule has 2 aromatic carbocycles. The van der Waals surface area contributed by atoms with Gasteiger partial charge in [0.15, 0.2) is 9.84 Å². The molecule has 0 heterocycles. The number of carbonyl (C=O) groups excluding carboxylic acids is 1. The molecule has 0 aliphatic carbocycles. The zero-order valence-electron chi connectivity index (χ0n) is 13.5. The van der Waals surface area contributed by atoms with E-state index in [0.29, 0.717) is 12.1 Å². The Morgan fingerprint density at radius 3 is 1.92 bits per heavy atom. The SMILES string of the molecule is CCCS(=O)(=O)CC(=O)NN=C(c1ccccc1)c1ccccc1. The van der Waals surface area contributed by atoms with Gasteiger partial charge in [-0.25, -0.2) is 13.8 Å². The third kappa shape index (κ3) is 5.31. The molecule has 1 N–H and O–H groups in total. The third-order valence-electron chi connectivity index (χ3n) is 3.25. The van der Waals surface area contributed by atoms with Gasteiger partial charge in [-0.15, -0.1) is 0 Å². The first-order valence-electron chi connectivity index (χ1n) is 7.69. The van der Waals surface area contributed by atoms with Crippen LogP contribution in [0.3, 0.4) is 0 Å². The van der Waals surface area contributed by atoms with E-state index in [0.717, 1.165) is 11.1 Å². The molecule has 0 aromatic heterocycles. The summed E-state index contributed by atoms with van der Waals surface area (Å²) in [5.41, 5.74) is 4.61. The lowest BCUT2D eigenvalue weighted by Crippen LogP contribution is -2.29. The molecule has 0 fully saturated rings. The summed E-state index contributed by atoms with van der Waals surface area (Å²) in [5.74, 6) is -1.19. The Bertz CT molecular complexity index is 759. The topological polar surface area (TPSA) is 75.6 Å². The third-order valence-corrected chi connectivity index (χ3v) is 4.99. The highest BCUT2D eigenvalue weighted by molar-refractivity contribution is 7.92. The van der Waals surface area contributed by atoms with Crippen molar-refractivity contribution in [2.24, 2.45) is 5.10 Å². The second kappa shape index (κ2) is 8.40. The highest BCUT2D eigenvalue weighted by atomic mass is 32.2. The monoisotopic (exact) mass is 344 g/mol. The molecule has 24 heavy (non-hydrogen) atoms. The van der Waals surface area contributed by atoms with E-state index in [2.05, 4.69) is 10.5 Å². The van der Waals surface area contributed by atoms with E-state index in [1.54, 1.807) is 6.92 Å². The number of nitrogens with zero attached hydrogens (tertiary/aromatic N) is 1. The number of sulfone groups is 1. The van der Waals surface area contributed by atoms with Crippen LogP contribution in [0, 0.1) is 0 Å². The first-order valence-corrected chi connectivity index (χ1v) is 9.52. The molecule has 0 atom stereocenters. The van der Waals surface area contributed by atoms with Crippen molar-refractivity contribution in [3.8, 4) is 0 Å². The van der Waals surface area contributed by atoms with Gasteiger partial charge < -0.3 is 0 Å². The molecule has 0 saturated carbocycles. The van der Waals surface area contributed by atoms with Gasteiger partial charge in [0.2, 0.25) is 0 Å². The Balaban J connectivity index is 2.22. The smallest absolute Gasteiger partial charge is 0.255 e. The fourth-order valence-corrected chi connectivity index (χ4v) is 3.45. The van der Waals surface area contributed by atoms with Crippen molar-refractivity contribution in [1.82, 2.24) is 5.43 Å². The quantitative estimate of drug-likeness (QED) is 0.619. The Kier molecular flexibility index (Phi) is 6.26. The molecule has 0 bridgehead atoms. The van der Waals surface area contributed by atoms with Crippen molar-refractivity contribution in [3.63, 3.8) is 0 Å². The number of hydrogen-bond acceptors (Lipinski definition) is 4. The number of nitrogens with one attached hydrogen (secondary N) is 1. The largest absolute Gasteiger partial charge is 0.272 e. The van der Waals surface area contributed by atoms with Gasteiger partial charge in [-0.2, -0.15) is 5.10 Å². The van der Waals surface area contributed by atoms with E-state index in [1.165, 1.54) is 0 Å². The number of carbonyl (C=O) groups is 1. The molecule has 0 radical (unpaired) electrons. The molecule has 2 rings (SSSR count). The van der Waals surface area contributed by atoms with Crippen LogP contribution in [0.15, 0.2) is 65.8 Å². The predicted octanol–water partition coefficient (Wildman–Crippen LogP) is 2.38. The summed E-state index contributed by atoms with van der Waals surface area (Å²) >= 11 is 0. The second-order valence-corrected chi connectivity index (χ2v) is 7.50. The van der Waals surface area contributed by atoms with Crippen molar-refractivity contribution < 1.29 is 13.2 Å². The van der Waals surface area contributed by atoms with Crippen molar-refractivity contribution in [2.75, 3.05) is 11.5 Å². The number of hydrogen-bond donors (Lipinski definition) is 1. The molecule has 0 spiro atoms. The van der Waals surface area contributed by atoms with Gasteiger partial charge in [-0.3, -0.25) is 4.79 Å². The van der Waals surface area contributed by atoms with Crippen LogP contribution in [-0.4, -0.2) is 31.5 Å². The standard InChI is InChI=1S/C18H20N2O3S/c1-2-13-24(22,23)14-17(21)19-20-18(15-9-5-3-6-10-15)16-11-7-4-8-12-16/h3-12H,2,13-14H2,1H3,(H,19,21). The molecule has 6 heteroatoms. The summed E-state index contributed by atoms with van der Waals surface area (Å²) in [6, 6.07) is 18.8. The van der Waals surface area contributed by atoms with Crippen molar-refractivity contribution in [1.29, 1.82) is 0 Å². The summed E-state index contributed by atoms with van der Waals surface area (Å²) in [4.78, 5) is 11.9. The summed E-state index contributed by atoms with van der Waals surface area (Å²) in [5, 5.41) is 4.16. The van der Waals surface area contributed by atoms with Gasteiger partial charge in [0.1, 0.15) is 5.75 Å². The van der Waals surface area contributed by atoms with Gasteiger partial charge in [-0.1, -0.05) is 67.6 Å². The lowest BCUT2D eigenvalue weighted by molar-refractivity contribution is -0.118. The van der Waals surface area contributed by atoms with Crippen molar-refractivity contribution in [2.45, 2.75) is 13.3 Å². The first kappa shape index (κ1) is 17.9. The number of hydrazone groups is 1. The van der Waals surface area contributed by atoms with Crippen LogP contribution >= 0.6 is 0 Å². The van der Waals surface area contributed by atoms with Crippen LogP contribution in [0.2, 0.25) is 0 Å². The maximum absolute atomic E-state index is 11.9. The molecular formula is C18H20N2O3S. The highest BCUT2D eigenvalue weighted by Gasteiger charge is 2.15. The van der Waals surface area contributed by atoms with Crippen LogP contribution in [0.25, 0.3) is 0 Å². The fourth-order valence-electron chi connectivity index (χ4n) is 2.22. The normalized spacial score (nSPS) is 10.9. The molecule has 0 aliphatic rings. The lowest BCUT2D eigenvalue weighted by atomic mass is 10.0. The number of amides is 1. The molecule has 0 unspecified atom stereocenters. The fraction of sp³-hybridized carbons (Fsp3) is 0.222. The summed E-state index contributed by atoms with van der Waals surface area (Å²) < 4.78 is 23.4. The van der Waals surface area contributed by atoms with Gasteiger partial charge in [0.05, 0.1) is 11.5 Å². The number of benzene rings is 2. The molecular weight excluding hydrogens is 324 g/mol. The second-order valence-electron chi connectivity index (χ2n) is 5.32. The van der Waals surface area contributed by atoms with Crippen LogP contribution in [0.1, 0.15) is 24.5 Å². The van der Waals surface area contributed by atoms with Crippen LogP contribution in [0.5, 0.6) is 0 Å². The molecule has 0 aliphatic heterocycles. The minimum absolute atomic E-state index is 0.00559. The van der Waals surface area contributed by atoms with E-state index in [9.17, 15) is 13.2 Å². The Labute approximate surface area is 142 Å². The summed E-state index contributed by atoms with van der Waals surface area (Å²) in [7, 11) is -3.39. The average molecular weight is 344 g/mol. The minimum Gasteiger partial charge on any atom is -0.272 e. The zero-order valence-corrected chi connectivity index (χ0v) is 14.3. The van der Waals surface area contributed by atoms with Gasteiger partial charge in [0.25, 0.3) is 5.91 Å². The van der Waals surface area contributed by atoms with E-state index in [4.69, 9.17) is 0 Å². The molecule has 2 aromatic rings. The molecule has 126 valence electrons. The minimum atomic E-state index is -3.39. The molecule has 0 saturated heterocycles. The predicted molar refractivity (Wildman–Crippen MR) is 95.6 cm³/mol. The lowest BCUT2D eigenvalue weighted by Gasteiger charge is -2.08. The van der Waals surface area contributed by atoms with E-state index >= 15 is 0 Å². The van der Waals surface area contributed by atoms with Gasteiger partial charge in [0, 0.05) is 11.1 Å². The Hall–Kier alpha value is -2.47. The van der Waals surface area contributed by atoms with Gasteiger partial charge in [-0.05, 0) is 6.42 Å². The molecule has 5 nitrogen and oxygen atoms in total. The van der Waals surface area contributed by atoms with Crippen LogP contribution < -0.4 is 5.43 Å². The first-order chi connectivity index (χ1) is 11.5. The average Bonchev–Trinajstić information content (AvgIpc) is 2.56. The zero-order chi connectivity index (χ0) is 17.4. The maximum Gasteiger partial charge on any atom is 0.255 e. The Morgan fingerprint density at radius 2 is 1.46 bits per heavy atom. The summed E-state index contributed by atoms with van der Waals surface area (Å²) in [6.45, 7) is 1.76. The van der Waals surface area contributed by atoms with E-state index in [-0.39, 0.29) is 5.75 Å². The van der Waals surface area contributed by atoms with Crippen LogP contribution in [0.4, 0.5) is 0 Å². The van der Waals surface area contributed by atoms with E-state index < -0.39 is 21.5 Å².